The highest BCUT2D eigenvalue weighted by Gasteiger charge is 2.73. The van der Waals surface area contributed by atoms with E-state index in [1.807, 2.05) is 0 Å². The van der Waals surface area contributed by atoms with Crippen LogP contribution >= 0.6 is 34.8 Å². The summed E-state index contributed by atoms with van der Waals surface area (Å²) in [5, 5.41) is 2.84. The normalized spacial score (nSPS) is 14.7. The number of aromatic nitrogens is 2. The summed E-state index contributed by atoms with van der Waals surface area (Å²) in [6.45, 7) is 0. The number of benzene rings is 2. The summed E-state index contributed by atoms with van der Waals surface area (Å²) < 4.78 is 94.3. The van der Waals surface area contributed by atoms with Crippen LogP contribution < -0.4 is 0 Å². The molecule has 0 saturated heterocycles. The summed E-state index contributed by atoms with van der Waals surface area (Å²) in [5.41, 5.74) is -6.66. The van der Waals surface area contributed by atoms with E-state index in [2.05, 4.69) is 5.10 Å². The van der Waals surface area contributed by atoms with Gasteiger partial charge < -0.3 is 4.90 Å². The summed E-state index contributed by atoms with van der Waals surface area (Å²) >= 11 is 18.2. The quantitative estimate of drug-likeness (QED) is 0.283. The average molecular weight is 589 g/mol. The fourth-order valence-electron chi connectivity index (χ4n) is 3.75. The number of carbonyl (C=O) groups excluding carboxylic acids is 1. The topological polar surface area (TPSA) is 38.1 Å². The van der Waals surface area contributed by atoms with E-state index in [9.17, 15) is 35.5 Å². The molecule has 1 saturated carbocycles. The number of hydrogen-bond acceptors (Lipinski definition) is 2. The van der Waals surface area contributed by atoms with E-state index in [-0.39, 0.29) is 40.4 Å². The summed E-state index contributed by atoms with van der Waals surface area (Å²) in [7, 11) is 1.67. The minimum Gasteiger partial charge on any atom is -0.339 e. The fraction of sp³-hybridized carbons (Fsp3) is 0.304. The lowest BCUT2D eigenvalue weighted by atomic mass is 9.94. The second kappa shape index (κ2) is 9.36. The Morgan fingerprint density at radius 2 is 1.49 bits per heavy atom. The molecule has 0 spiro atoms. The monoisotopic (exact) mass is 587 g/mol. The lowest BCUT2D eigenvalue weighted by Gasteiger charge is -2.30. The van der Waals surface area contributed by atoms with Gasteiger partial charge in [0.1, 0.15) is 5.69 Å². The Balaban J connectivity index is 1.72. The van der Waals surface area contributed by atoms with Gasteiger partial charge in [0, 0.05) is 30.4 Å². The molecule has 198 valence electrons. The van der Waals surface area contributed by atoms with Gasteiger partial charge in [-0.3, -0.25) is 4.79 Å². The second-order valence-corrected chi connectivity index (χ2v) is 9.68. The maximum Gasteiger partial charge on any atom is 0.435 e. The molecule has 1 amide bonds. The molecule has 0 aliphatic heterocycles. The van der Waals surface area contributed by atoms with Gasteiger partial charge in [0.2, 0.25) is 0 Å². The Kier molecular flexibility index (Phi) is 6.96. The first-order chi connectivity index (χ1) is 17.1. The highest BCUT2D eigenvalue weighted by molar-refractivity contribution is 6.38. The van der Waals surface area contributed by atoms with Crippen LogP contribution in [0.15, 0.2) is 42.7 Å². The molecule has 0 radical (unpaired) electrons. The molecule has 0 unspecified atom stereocenters. The van der Waals surface area contributed by atoms with Gasteiger partial charge in [0.05, 0.1) is 26.8 Å². The van der Waals surface area contributed by atoms with E-state index in [0.29, 0.717) is 11.1 Å². The van der Waals surface area contributed by atoms with Crippen LogP contribution in [0.25, 0.3) is 16.8 Å². The van der Waals surface area contributed by atoms with Gasteiger partial charge >= 0.3 is 18.0 Å². The standard InChI is InChI=1S/C23H15Cl3F7N3O/c1-35(14-3-4-14)20(37)15-6-11(2-5-16(15)24)12-9-34-36(10-12)19-17(25)7-13(8-18(19)26)21(27,22(28,29)30)23(31,32)33/h2,5-10,14H,3-4H2,1H3. The highest BCUT2D eigenvalue weighted by Crippen LogP contribution is 2.54. The second-order valence-electron chi connectivity index (χ2n) is 8.46. The van der Waals surface area contributed by atoms with Crippen molar-refractivity contribution in [2.24, 2.45) is 0 Å². The van der Waals surface area contributed by atoms with Crippen LogP contribution in [0, 0.1) is 0 Å². The van der Waals surface area contributed by atoms with E-state index in [1.165, 1.54) is 24.5 Å². The number of nitrogens with zero attached hydrogens (tertiary/aromatic N) is 3. The van der Waals surface area contributed by atoms with Crippen molar-refractivity contribution in [3.8, 4) is 16.8 Å². The number of hydrogen-bond donors (Lipinski definition) is 0. The summed E-state index contributed by atoms with van der Waals surface area (Å²) in [5.74, 6) is -0.285. The van der Waals surface area contributed by atoms with Crippen LogP contribution in [0.5, 0.6) is 0 Å². The van der Waals surface area contributed by atoms with E-state index in [0.717, 1.165) is 17.5 Å². The van der Waals surface area contributed by atoms with Crippen LogP contribution in [0.2, 0.25) is 15.1 Å². The molecular formula is C23H15Cl3F7N3O. The Morgan fingerprint density at radius 3 is 2.00 bits per heavy atom. The third-order valence-corrected chi connectivity index (χ3v) is 6.86. The number of halogens is 10. The largest absolute Gasteiger partial charge is 0.435 e. The zero-order valence-electron chi connectivity index (χ0n) is 18.6. The summed E-state index contributed by atoms with van der Waals surface area (Å²) in [6, 6.07) is 5.18. The Bertz CT molecular complexity index is 1330. The highest BCUT2D eigenvalue weighted by atomic mass is 35.5. The molecule has 0 N–H and O–H groups in total. The molecular weight excluding hydrogens is 574 g/mol. The molecule has 2 aromatic carbocycles. The number of carbonyl (C=O) groups is 1. The molecule has 1 fully saturated rings. The lowest BCUT2D eigenvalue weighted by Crippen LogP contribution is -2.50. The molecule has 1 aromatic heterocycles. The van der Waals surface area contributed by atoms with Gasteiger partial charge in [-0.2, -0.15) is 31.4 Å². The minimum atomic E-state index is -6.32. The van der Waals surface area contributed by atoms with Gasteiger partial charge in [-0.05, 0) is 42.7 Å². The molecule has 0 bridgehead atoms. The number of alkyl halides is 7. The summed E-state index contributed by atoms with van der Waals surface area (Å²) in [4.78, 5) is 14.4. The van der Waals surface area contributed by atoms with Crippen molar-refractivity contribution in [3.63, 3.8) is 0 Å². The van der Waals surface area contributed by atoms with Crippen molar-refractivity contribution in [2.75, 3.05) is 7.05 Å². The first-order valence-electron chi connectivity index (χ1n) is 10.5. The van der Waals surface area contributed by atoms with Crippen molar-refractivity contribution < 1.29 is 35.5 Å². The molecule has 1 aliphatic carbocycles. The number of amides is 1. The molecule has 3 aromatic rings. The van der Waals surface area contributed by atoms with Crippen molar-refractivity contribution in [2.45, 2.75) is 36.9 Å². The Morgan fingerprint density at radius 1 is 0.919 bits per heavy atom. The van der Waals surface area contributed by atoms with E-state index < -0.39 is 33.6 Å². The molecule has 1 aliphatic rings. The molecule has 4 rings (SSSR count). The number of rotatable bonds is 5. The molecule has 4 nitrogen and oxygen atoms in total. The van der Waals surface area contributed by atoms with E-state index >= 15 is 0 Å². The van der Waals surface area contributed by atoms with Crippen LogP contribution in [0.1, 0.15) is 28.8 Å². The van der Waals surface area contributed by atoms with Gasteiger partial charge in [0.15, 0.2) is 0 Å². The predicted molar refractivity (Wildman–Crippen MR) is 124 cm³/mol. The van der Waals surface area contributed by atoms with Crippen LogP contribution in [0.4, 0.5) is 30.7 Å². The Hall–Kier alpha value is -2.50. The molecule has 14 heteroatoms. The fourth-order valence-corrected chi connectivity index (χ4v) is 4.61. The van der Waals surface area contributed by atoms with Crippen molar-refractivity contribution in [1.29, 1.82) is 0 Å². The van der Waals surface area contributed by atoms with Gasteiger partial charge in [-0.1, -0.05) is 40.9 Å². The smallest absolute Gasteiger partial charge is 0.339 e. The first-order valence-corrected chi connectivity index (χ1v) is 11.6. The van der Waals surface area contributed by atoms with Crippen LogP contribution in [0.3, 0.4) is 0 Å². The SMILES string of the molecule is CN(C(=O)c1cc(-c2cnn(-c3c(Cl)cc(C(F)(C(F)(F)F)C(F)(F)F)cc3Cl)c2)ccc1Cl)C1CC1. The van der Waals surface area contributed by atoms with Crippen molar-refractivity contribution in [1.82, 2.24) is 14.7 Å². The average Bonchev–Trinajstić information content (AvgIpc) is 3.53. The van der Waals surface area contributed by atoms with Crippen LogP contribution in [-0.2, 0) is 5.67 Å². The Labute approximate surface area is 220 Å². The van der Waals surface area contributed by atoms with Crippen molar-refractivity contribution in [3.05, 3.63) is 68.9 Å². The van der Waals surface area contributed by atoms with E-state index in [1.54, 1.807) is 18.0 Å². The van der Waals surface area contributed by atoms with Gasteiger partial charge in [-0.15, -0.1) is 0 Å². The van der Waals surface area contributed by atoms with E-state index in [4.69, 9.17) is 34.8 Å². The maximum atomic E-state index is 14.5. The van der Waals surface area contributed by atoms with Crippen molar-refractivity contribution >= 4 is 40.7 Å². The minimum absolute atomic E-state index is 0.139. The van der Waals surface area contributed by atoms with Gasteiger partial charge in [-0.25, -0.2) is 9.07 Å². The predicted octanol–water partition coefficient (Wildman–Crippen LogP) is 8.02. The lowest BCUT2D eigenvalue weighted by molar-refractivity contribution is -0.348. The zero-order valence-corrected chi connectivity index (χ0v) is 20.8. The molecule has 0 atom stereocenters. The zero-order chi connectivity index (χ0) is 27.5. The third kappa shape index (κ3) is 4.88. The summed E-state index contributed by atoms with van der Waals surface area (Å²) in [6.07, 6.45) is -8.21. The van der Waals surface area contributed by atoms with Crippen LogP contribution in [-0.4, -0.2) is 46.0 Å². The first kappa shape index (κ1) is 27.5. The van der Waals surface area contributed by atoms with Gasteiger partial charge in [0.25, 0.3) is 5.91 Å². The molecule has 37 heavy (non-hydrogen) atoms. The molecule has 1 heterocycles. The maximum absolute atomic E-state index is 14.5. The third-order valence-electron chi connectivity index (χ3n) is 5.95.